The van der Waals surface area contributed by atoms with E-state index in [0.29, 0.717) is 30.9 Å². The van der Waals surface area contributed by atoms with Gasteiger partial charge >= 0.3 is 6.09 Å². The molecule has 166 valence electrons. The van der Waals surface area contributed by atoms with Crippen molar-refractivity contribution in [3.63, 3.8) is 0 Å². The molecule has 0 spiro atoms. The second-order valence-electron chi connectivity index (χ2n) is 7.14. The Hall–Kier alpha value is -3.11. The standard InChI is InChI=1S/C21H25N3O6S/c1-31(27,28)23-18-9-7-17(8-10-18)20(25)22-13-19-14-24(11-12-29-19)21(26)30-15-16-5-3-2-4-6-16/h2-10,19,23H,11-15H2,1H3,(H,22,25)/t19-/m1/s1. The van der Waals surface area contributed by atoms with E-state index in [4.69, 9.17) is 9.47 Å². The van der Waals surface area contributed by atoms with Crippen LogP contribution in [0.3, 0.4) is 0 Å². The summed E-state index contributed by atoms with van der Waals surface area (Å²) in [6.07, 6.45) is 0.282. The van der Waals surface area contributed by atoms with Crippen molar-refractivity contribution >= 4 is 27.7 Å². The molecule has 1 aliphatic heterocycles. The first kappa shape index (κ1) is 22.6. The van der Waals surface area contributed by atoms with E-state index in [2.05, 4.69) is 10.0 Å². The number of ether oxygens (including phenoxy) is 2. The third-order valence-electron chi connectivity index (χ3n) is 4.54. The molecule has 0 saturated carbocycles. The normalized spacial score (nSPS) is 16.4. The van der Waals surface area contributed by atoms with E-state index < -0.39 is 16.1 Å². The predicted octanol–water partition coefficient (Wildman–Crippen LogP) is 1.83. The topological polar surface area (TPSA) is 114 Å². The van der Waals surface area contributed by atoms with Crippen LogP contribution >= 0.6 is 0 Å². The minimum atomic E-state index is -3.38. The number of rotatable bonds is 7. The van der Waals surface area contributed by atoms with E-state index >= 15 is 0 Å². The van der Waals surface area contributed by atoms with Crippen molar-refractivity contribution < 1.29 is 27.5 Å². The van der Waals surface area contributed by atoms with E-state index in [1.807, 2.05) is 30.3 Å². The molecule has 1 heterocycles. The number of anilines is 1. The number of carbonyl (C=O) groups excluding carboxylic acids is 2. The van der Waals surface area contributed by atoms with Gasteiger partial charge in [-0.3, -0.25) is 9.52 Å². The summed E-state index contributed by atoms with van der Waals surface area (Å²) in [5.74, 6) is -0.321. The van der Waals surface area contributed by atoms with Crippen LogP contribution in [-0.2, 0) is 26.1 Å². The van der Waals surface area contributed by atoms with E-state index in [0.717, 1.165) is 11.8 Å². The fourth-order valence-electron chi connectivity index (χ4n) is 3.03. The van der Waals surface area contributed by atoms with Crippen LogP contribution in [-0.4, -0.2) is 63.9 Å². The number of benzene rings is 2. The van der Waals surface area contributed by atoms with E-state index in [9.17, 15) is 18.0 Å². The van der Waals surface area contributed by atoms with Gasteiger partial charge in [0.2, 0.25) is 10.0 Å². The molecule has 2 N–H and O–H groups in total. The van der Waals surface area contributed by atoms with Crippen LogP contribution in [0.4, 0.5) is 10.5 Å². The van der Waals surface area contributed by atoms with Gasteiger partial charge in [0.15, 0.2) is 0 Å². The lowest BCUT2D eigenvalue weighted by Crippen LogP contribution is -2.49. The molecular formula is C21H25N3O6S. The maximum atomic E-state index is 12.3. The average Bonchev–Trinajstić information content (AvgIpc) is 2.76. The van der Waals surface area contributed by atoms with Gasteiger partial charge in [0.25, 0.3) is 5.91 Å². The lowest BCUT2D eigenvalue weighted by atomic mass is 10.2. The van der Waals surface area contributed by atoms with Gasteiger partial charge < -0.3 is 19.7 Å². The van der Waals surface area contributed by atoms with Crippen LogP contribution in [0, 0.1) is 0 Å². The van der Waals surface area contributed by atoms with Gasteiger partial charge in [-0.25, -0.2) is 13.2 Å². The summed E-state index contributed by atoms with van der Waals surface area (Å²) in [6.45, 7) is 1.51. The zero-order valence-corrected chi connectivity index (χ0v) is 17.9. The summed E-state index contributed by atoms with van der Waals surface area (Å²) in [4.78, 5) is 26.2. The van der Waals surface area contributed by atoms with Crippen molar-refractivity contribution in [3.05, 3.63) is 65.7 Å². The molecule has 0 aromatic heterocycles. The Bertz CT molecular complexity index is 996. The van der Waals surface area contributed by atoms with Crippen molar-refractivity contribution in [2.75, 3.05) is 37.2 Å². The largest absolute Gasteiger partial charge is 0.445 e. The summed E-state index contributed by atoms with van der Waals surface area (Å²) in [7, 11) is -3.38. The van der Waals surface area contributed by atoms with Gasteiger partial charge in [0, 0.05) is 24.3 Å². The van der Waals surface area contributed by atoms with E-state index in [1.54, 1.807) is 4.90 Å². The second-order valence-corrected chi connectivity index (χ2v) is 8.89. The summed E-state index contributed by atoms with van der Waals surface area (Å²) in [5, 5.41) is 2.77. The summed E-state index contributed by atoms with van der Waals surface area (Å²) in [5.41, 5.74) is 1.67. The molecule has 2 aromatic carbocycles. The molecule has 1 saturated heterocycles. The third kappa shape index (κ3) is 7.26. The molecular weight excluding hydrogens is 422 g/mol. The number of carbonyl (C=O) groups is 2. The molecule has 3 rings (SSSR count). The predicted molar refractivity (Wildman–Crippen MR) is 115 cm³/mol. The molecule has 0 radical (unpaired) electrons. The van der Waals surface area contributed by atoms with Crippen molar-refractivity contribution in [2.24, 2.45) is 0 Å². The molecule has 0 bridgehead atoms. The molecule has 2 aromatic rings. The van der Waals surface area contributed by atoms with Crippen LogP contribution < -0.4 is 10.0 Å². The monoisotopic (exact) mass is 447 g/mol. The van der Waals surface area contributed by atoms with Crippen molar-refractivity contribution in [1.82, 2.24) is 10.2 Å². The van der Waals surface area contributed by atoms with Gasteiger partial charge in [-0.15, -0.1) is 0 Å². The zero-order valence-electron chi connectivity index (χ0n) is 17.1. The highest BCUT2D eigenvalue weighted by atomic mass is 32.2. The molecule has 1 aliphatic rings. The SMILES string of the molecule is CS(=O)(=O)Nc1ccc(C(=O)NC[C@@H]2CN(C(=O)OCc3ccccc3)CCO2)cc1. The Balaban J connectivity index is 1.45. The number of amides is 2. The molecule has 1 atom stereocenters. The fourth-order valence-corrected chi connectivity index (χ4v) is 3.60. The fraction of sp³-hybridized carbons (Fsp3) is 0.333. The highest BCUT2D eigenvalue weighted by Gasteiger charge is 2.25. The van der Waals surface area contributed by atoms with Crippen LogP contribution in [0.1, 0.15) is 15.9 Å². The molecule has 0 unspecified atom stereocenters. The second kappa shape index (κ2) is 10.3. The molecule has 10 heteroatoms. The van der Waals surface area contributed by atoms with Gasteiger partial charge in [-0.05, 0) is 29.8 Å². The molecule has 31 heavy (non-hydrogen) atoms. The number of hydrogen-bond acceptors (Lipinski definition) is 6. The van der Waals surface area contributed by atoms with Gasteiger partial charge in [-0.1, -0.05) is 30.3 Å². The lowest BCUT2D eigenvalue weighted by Gasteiger charge is -2.32. The van der Waals surface area contributed by atoms with Crippen molar-refractivity contribution in [1.29, 1.82) is 0 Å². The quantitative estimate of drug-likeness (QED) is 0.669. The van der Waals surface area contributed by atoms with Crippen LogP contribution in [0.2, 0.25) is 0 Å². The molecule has 9 nitrogen and oxygen atoms in total. The van der Waals surface area contributed by atoms with E-state index in [-0.39, 0.29) is 25.2 Å². The first-order valence-electron chi connectivity index (χ1n) is 9.73. The minimum absolute atomic E-state index is 0.197. The minimum Gasteiger partial charge on any atom is -0.445 e. The third-order valence-corrected chi connectivity index (χ3v) is 5.15. The van der Waals surface area contributed by atoms with Crippen molar-refractivity contribution in [2.45, 2.75) is 12.7 Å². The Morgan fingerprint density at radius 3 is 2.52 bits per heavy atom. The number of morpholine rings is 1. The summed E-state index contributed by atoms with van der Waals surface area (Å²) >= 11 is 0. The summed E-state index contributed by atoms with van der Waals surface area (Å²) in [6, 6.07) is 15.5. The average molecular weight is 448 g/mol. The van der Waals surface area contributed by atoms with Crippen LogP contribution in [0.25, 0.3) is 0 Å². The molecule has 0 aliphatic carbocycles. The van der Waals surface area contributed by atoms with Crippen LogP contribution in [0.15, 0.2) is 54.6 Å². The highest BCUT2D eigenvalue weighted by molar-refractivity contribution is 7.92. The Labute approximate surface area is 181 Å². The van der Waals surface area contributed by atoms with Crippen LogP contribution in [0.5, 0.6) is 0 Å². The number of nitrogens with zero attached hydrogens (tertiary/aromatic N) is 1. The number of sulfonamides is 1. The Kier molecular flexibility index (Phi) is 7.48. The molecule has 1 fully saturated rings. The first-order chi connectivity index (χ1) is 14.8. The zero-order chi connectivity index (χ0) is 22.3. The smallest absolute Gasteiger partial charge is 0.410 e. The maximum Gasteiger partial charge on any atom is 0.410 e. The van der Waals surface area contributed by atoms with Crippen molar-refractivity contribution in [3.8, 4) is 0 Å². The van der Waals surface area contributed by atoms with E-state index in [1.165, 1.54) is 24.3 Å². The molecule has 2 amide bonds. The number of hydrogen-bond donors (Lipinski definition) is 2. The maximum absolute atomic E-state index is 12.3. The summed E-state index contributed by atoms with van der Waals surface area (Å²) < 4.78 is 35.8. The number of nitrogens with one attached hydrogen (secondary N) is 2. The Morgan fingerprint density at radius 1 is 1.13 bits per heavy atom. The Morgan fingerprint density at radius 2 is 1.84 bits per heavy atom. The van der Waals surface area contributed by atoms with Gasteiger partial charge in [-0.2, -0.15) is 0 Å². The highest BCUT2D eigenvalue weighted by Crippen LogP contribution is 2.12. The van der Waals surface area contributed by atoms with Gasteiger partial charge in [0.05, 0.1) is 25.5 Å². The first-order valence-corrected chi connectivity index (χ1v) is 11.6. The van der Waals surface area contributed by atoms with Gasteiger partial charge in [0.1, 0.15) is 6.61 Å². The lowest BCUT2D eigenvalue weighted by molar-refractivity contribution is -0.0263.